The normalized spacial score (nSPS) is 15.5. The molecular weight excluding hydrogens is 237 g/mol. The Balaban J connectivity index is 2.67. The van der Waals surface area contributed by atoms with Crippen LogP contribution in [0.4, 0.5) is 3.89 Å². The van der Waals surface area contributed by atoms with Crippen molar-refractivity contribution in [2.45, 2.75) is 4.90 Å². The number of imide groups is 1. The average Bonchev–Trinajstić information content (AvgIpc) is 2.43. The second kappa shape index (κ2) is 3.11. The van der Waals surface area contributed by atoms with Crippen LogP contribution in [-0.4, -0.2) is 32.2 Å². The van der Waals surface area contributed by atoms with Crippen LogP contribution in [0.3, 0.4) is 0 Å². The van der Waals surface area contributed by atoms with E-state index in [4.69, 9.17) is 0 Å². The fourth-order valence-electron chi connectivity index (χ4n) is 1.49. The molecule has 5 nitrogen and oxygen atoms in total. The van der Waals surface area contributed by atoms with Gasteiger partial charge in [0.1, 0.15) is 0 Å². The number of rotatable bonds is 1. The quantitative estimate of drug-likeness (QED) is 0.534. The van der Waals surface area contributed by atoms with Gasteiger partial charge in [-0.25, -0.2) is 0 Å². The van der Waals surface area contributed by atoms with Crippen LogP contribution in [0.25, 0.3) is 0 Å². The molecule has 1 aromatic carbocycles. The smallest absolute Gasteiger partial charge is 0.277 e. The van der Waals surface area contributed by atoms with Crippen molar-refractivity contribution in [3.8, 4) is 0 Å². The minimum absolute atomic E-state index is 0.0832. The summed E-state index contributed by atoms with van der Waals surface area (Å²) in [5.41, 5.74) is -0.00822. The maximum Gasteiger partial charge on any atom is 0.332 e. The molecule has 0 atom stereocenters. The summed E-state index contributed by atoms with van der Waals surface area (Å²) in [4.78, 5) is 23.1. The summed E-state index contributed by atoms with van der Waals surface area (Å²) in [6, 6.07) is 2.96. The lowest BCUT2D eigenvalue weighted by molar-refractivity contribution is 0.0693. The molecule has 1 aliphatic rings. The molecule has 0 N–H and O–H groups in total. The van der Waals surface area contributed by atoms with E-state index in [1.807, 2.05) is 0 Å². The number of hydrogen-bond acceptors (Lipinski definition) is 4. The maximum atomic E-state index is 12.7. The molecule has 2 rings (SSSR count). The van der Waals surface area contributed by atoms with Gasteiger partial charge in [0.05, 0.1) is 16.0 Å². The van der Waals surface area contributed by atoms with Gasteiger partial charge >= 0.3 is 10.2 Å². The molecule has 0 aromatic heterocycles. The zero-order valence-corrected chi connectivity index (χ0v) is 8.91. The molecule has 16 heavy (non-hydrogen) atoms. The van der Waals surface area contributed by atoms with Gasteiger partial charge in [0.15, 0.2) is 0 Å². The minimum atomic E-state index is -4.86. The number of hydrogen-bond donors (Lipinski definition) is 0. The highest BCUT2D eigenvalue weighted by Gasteiger charge is 2.33. The first kappa shape index (κ1) is 10.7. The Bertz CT molecular complexity index is 608. The number of carbonyl (C=O) groups is 2. The molecule has 1 aromatic rings. The van der Waals surface area contributed by atoms with E-state index in [2.05, 4.69) is 0 Å². The first-order valence-electron chi connectivity index (χ1n) is 4.23. The van der Waals surface area contributed by atoms with Crippen molar-refractivity contribution in [2.75, 3.05) is 7.05 Å². The van der Waals surface area contributed by atoms with E-state index in [-0.39, 0.29) is 11.1 Å². The summed E-state index contributed by atoms with van der Waals surface area (Å²) in [5.74, 6) is -1.16. The largest absolute Gasteiger partial charge is 0.332 e. The molecule has 0 saturated heterocycles. The zero-order chi connectivity index (χ0) is 12.1. The molecular formula is C9H6FNO4S. The molecule has 1 heterocycles. The van der Waals surface area contributed by atoms with Crippen LogP contribution in [0.5, 0.6) is 0 Å². The van der Waals surface area contributed by atoms with E-state index in [0.717, 1.165) is 23.1 Å². The van der Waals surface area contributed by atoms with Crippen molar-refractivity contribution in [1.82, 2.24) is 4.90 Å². The summed E-state index contributed by atoms with van der Waals surface area (Å²) in [6.45, 7) is 0. The molecule has 0 spiro atoms. The molecule has 84 valence electrons. The fourth-order valence-corrected chi connectivity index (χ4v) is 1.98. The van der Waals surface area contributed by atoms with Crippen LogP contribution in [-0.2, 0) is 10.2 Å². The highest BCUT2D eigenvalue weighted by Crippen LogP contribution is 2.25. The number of halogens is 1. The van der Waals surface area contributed by atoms with Crippen molar-refractivity contribution in [3.63, 3.8) is 0 Å². The number of nitrogens with zero attached hydrogens (tertiary/aromatic N) is 1. The van der Waals surface area contributed by atoms with Gasteiger partial charge in [-0.05, 0) is 18.2 Å². The lowest BCUT2D eigenvalue weighted by Gasteiger charge is -2.02. The third-order valence-electron chi connectivity index (χ3n) is 2.34. The Hall–Kier alpha value is -1.76. The Labute approximate surface area is 90.7 Å². The van der Waals surface area contributed by atoms with Gasteiger partial charge in [0, 0.05) is 7.05 Å². The van der Waals surface area contributed by atoms with Gasteiger partial charge in [-0.1, -0.05) is 0 Å². The van der Waals surface area contributed by atoms with Gasteiger partial charge in [-0.3, -0.25) is 14.5 Å². The third-order valence-corrected chi connectivity index (χ3v) is 3.16. The van der Waals surface area contributed by atoms with Crippen LogP contribution in [0.2, 0.25) is 0 Å². The van der Waals surface area contributed by atoms with Gasteiger partial charge < -0.3 is 0 Å². The average molecular weight is 243 g/mol. The second-order valence-electron chi connectivity index (χ2n) is 3.31. The SMILES string of the molecule is CN1C(=O)c2ccc(S(=O)(=O)F)cc2C1=O. The van der Waals surface area contributed by atoms with E-state index < -0.39 is 26.9 Å². The number of benzene rings is 1. The van der Waals surface area contributed by atoms with Crippen molar-refractivity contribution >= 4 is 22.0 Å². The van der Waals surface area contributed by atoms with Crippen molar-refractivity contribution in [2.24, 2.45) is 0 Å². The third kappa shape index (κ3) is 1.40. The zero-order valence-electron chi connectivity index (χ0n) is 8.10. The summed E-state index contributed by atoms with van der Waals surface area (Å²) < 4.78 is 33.9. The van der Waals surface area contributed by atoms with Gasteiger partial charge in [0.2, 0.25) is 0 Å². The second-order valence-corrected chi connectivity index (χ2v) is 4.66. The number of amides is 2. The maximum absolute atomic E-state index is 12.7. The monoisotopic (exact) mass is 243 g/mol. The lowest BCUT2D eigenvalue weighted by atomic mass is 10.1. The Kier molecular flexibility index (Phi) is 2.09. The molecule has 0 fully saturated rings. The van der Waals surface area contributed by atoms with Crippen LogP contribution < -0.4 is 0 Å². The topological polar surface area (TPSA) is 71.5 Å². The first-order chi connectivity index (χ1) is 7.32. The summed E-state index contributed by atoms with van der Waals surface area (Å²) in [5, 5.41) is 0. The van der Waals surface area contributed by atoms with Crippen LogP contribution in [0.15, 0.2) is 23.1 Å². The predicted molar refractivity (Wildman–Crippen MR) is 51.2 cm³/mol. The van der Waals surface area contributed by atoms with Crippen molar-refractivity contribution < 1.29 is 21.9 Å². The standard InChI is InChI=1S/C9H6FNO4S/c1-11-8(12)6-3-2-5(16(10,14)15)4-7(6)9(11)13/h2-4H,1H3. The minimum Gasteiger partial charge on any atom is -0.277 e. The van der Waals surface area contributed by atoms with E-state index >= 15 is 0 Å². The fraction of sp³-hybridized carbons (Fsp3) is 0.111. The summed E-state index contributed by atoms with van der Waals surface area (Å²) in [6.07, 6.45) is 0. The van der Waals surface area contributed by atoms with Crippen molar-refractivity contribution in [3.05, 3.63) is 29.3 Å². The molecule has 0 unspecified atom stereocenters. The predicted octanol–water partition coefficient (Wildman–Crippen LogP) is 0.571. The van der Waals surface area contributed by atoms with Gasteiger partial charge in [-0.15, -0.1) is 3.89 Å². The van der Waals surface area contributed by atoms with Crippen LogP contribution >= 0.6 is 0 Å². The lowest BCUT2D eigenvalue weighted by Crippen LogP contribution is -2.24. The summed E-state index contributed by atoms with van der Waals surface area (Å²) in [7, 11) is -3.59. The first-order valence-corrected chi connectivity index (χ1v) is 5.62. The Morgan fingerprint density at radius 1 is 1.12 bits per heavy atom. The highest BCUT2D eigenvalue weighted by atomic mass is 32.3. The number of carbonyl (C=O) groups excluding carboxylic acids is 2. The molecule has 1 aliphatic heterocycles. The molecule has 2 amide bonds. The van der Waals surface area contributed by atoms with Crippen molar-refractivity contribution in [1.29, 1.82) is 0 Å². The van der Waals surface area contributed by atoms with Gasteiger partial charge in [-0.2, -0.15) is 8.42 Å². The van der Waals surface area contributed by atoms with Crippen LogP contribution in [0.1, 0.15) is 20.7 Å². The van der Waals surface area contributed by atoms with E-state index in [1.165, 1.54) is 7.05 Å². The number of fused-ring (bicyclic) bond motifs is 1. The molecule has 7 heteroatoms. The molecule has 0 aliphatic carbocycles. The Morgan fingerprint density at radius 2 is 1.69 bits per heavy atom. The van der Waals surface area contributed by atoms with E-state index in [9.17, 15) is 21.9 Å². The summed E-state index contributed by atoms with van der Waals surface area (Å²) >= 11 is 0. The Morgan fingerprint density at radius 3 is 2.25 bits per heavy atom. The van der Waals surface area contributed by atoms with Crippen LogP contribution in [0, 0.1) is 0 Å². The van der Waals surface area contributed by atoms with Gasteiger partial charge in [0.25, 0.3) is 11.8 Å². The van der Waals surface area contributed by atoms with E-state index in [0.29, 0.717) is 0 Å². The van der Waals surface area contributed by atoms with E-state index in [1.54, 1.807) is 0 Å². The molecule has 0 radical (unpaired) electrons. The molecule has 0 bridgehead atoms. The highest BCUT2D eigenvalue weighted by molar-refractivity contribution is 7.86. The molecule has 0 saturated carbocycles.